The van der Waals surface area contributed by atoms with Crippen LogP contribution in [-0.4, -0.2) is 64.7 Å². The molecule has 1 aliphatic carbocycles. The third kappa shape index (κ3) is 6.85. The number of hydrogen-bond donors (Lipinski definition) is 3. The Morgan fingerprint density at radius 3 is 2.43 bits per heavy atom. The van der Waals surface area contributed by atoms with Gasteiger partial charge in [-0.25, -0.2) is 22.5 Å². The van der Waals surface area contributed by atoms with Gasteiger partial charge in [0.05, 0.1) is 11.3 Å². The number of nitrogens with one attached hydrogen (secondary N) is 2. The van der Waals surface area contributed by atoms with Gasteiger partial charge >= 0.3 is 12.2 Å². The first-order valence-corrected chi connectivity index (χ1v) is 15.2. The number of halogens is 7. The van der Waals surface area contributed by atoms with E-state index in [1.54, 1.807) is 11.8 Å². The van der Waals surface area contributed by atoms with Crippen molar-refractivity contribution in [1.29, 1.82) is 0 Å². The Kier molecular flexibility index (Phi) is 10.2. The largest absolute Gasteiger partial charge is 0.468 e. The van der Waals surface area contributed by atoms with E-state index in [1.165, 1.54) is 0 Å². The van der Waals surface area contributed by atoms with Crippen molar-refractivity contribution in [2.45, 2.75) is 63.5 Å². The molecule has 16 heteroatoms. The minimum absolute atomic E-state index is 0.0699. The molecule has 1 aromatic carbocycles. The summed E-state index contributed by atoms with van der Waals surface area (Å²) in [4.78, 5) is 12.4. The van der Waals surface area contributed by atoms with Crippen LogP contribution < -0.4 is 25.8 Å². The molecule has 3 aromatic rings. The number of rotatable bonds is 6. The lowest BCUT2D eigenvalue weighted by molar-refractivity contribution is -0.137. The van der Waals surface area contributed by atoms with Crippen LogP contribution in [0.4, 0.5) is 42.2 Å². The van der Waals surface area contributed by atoms with Gasteiger partial charge in [0, 0.05) is 29.8 Å². The Hall–Kier alpha value is -3.27. The number of thioether (sulfide) groups is 1. The summed E-state index contributed by atoms with van der Waals surface area (Å²) in [5, 5.41) is 5.67. The van der Waals surface area contributed by atoms with E-state index in [0.29, 0.717) is 12.6 Å². The van der Waals surface area contributed by atoms with E-state index in [2.05, 4.69) is 25.6 Å². The lowest BCUT2D eigenvalue weighted by atomic mass is 9.96. The van der Waals surface area contributed by atoms with Crippen molar-refractivity contribution in [3.8, 4) is 23.1 Å². The van der Waals surface area contributed by atoms with Crippen molar-refractivity contribution in [1.82, 2.24) is 20.3 Å². The summed E-state index contributed by atoms with van der Waals surface area (Å²) in [5.41, 5.74) is 0.0893. The van der Waals surface area contributed by atoms with Crippen molar-refractivity contribution in [3.63, 3.8) is 0 Å². The molecule has 1 aliphatic heterocycles. The van der Waals surface area contributed by atoms with Gasteiger partial charge in [-0.3, -0.25) is 0 Å². The lowest BCUT2D eigenvalue weighted by Gasteiger charge is -2.22. The van der Waals surface area contributed by atoms with Gasteiger partial charge in [0.1, 0.15) is 34.8 Å². The van der Waals surface area contributed by atoms with E-state index in [-0.39, 0.29) is 48.1 Å². The zero-order valence-corrected chi connectivity index (χ0v) is 25.3. The molecule has 1 saturated carbocycles. The molecule has 0 spiro atoms. The Morgan fingerprint density at radius 2 is 1.82 bits per heavy atom. The average molecular weight is 651 g/mol. The predicted molar refractivity (Wildman–Crippen MR) is 156 cm³/mol. The normalized spacial score (nSPS) is 18.0. The molecule has 1 atom stereocenters. The van der Waals surface area contributed by atoms with E-state index < -0.39 is 69.8 Å². The zero-order chi connectivity index (χ0) is 32.4. The molecule has 2 aliphatic rings. The average Bonchev–Trinajstić information content (AvgIpc) is 3.77. The molecule has 0 amide bonds. The second kappa shape index (κ2) is 13.4. The van der Waals surface area contributed by atoms with Gasteiger partial charge in [-0.2, -0.15) is 34.9 Å². The quantitative estimate of drug-likeness (QED) is 0.201. The smallest absolute Gasteiger partial charge is 0.417 e. The van der Waals surface area contributed by atoms with Gasteiger partial charge < -0.3 is 25.8 Å². The van der Waals surface area contributed by atoms with E-state index >= 15 is 4.39 Å². The van der Waals surface area contributed by atoms with Crippen molar-refractivity contribution in [2.75, 3.05) is 43.5 Å². The number of nitrogens with zero attached hydrogens (tertiary/aromatic N) is 3. The summed E-state index contributed by atoms with van der Waals surface area (Å²) in [6.07, 6.45) is -6.47. The zero-order valence-electron chi connectivity index (χ0n) is 24.5. The molecule has 44 heavy (non-hydrogen) atoms. The third-order valence-electron chi connectivity index (χ3n) is 7.25. The number of anilines is 2. The van der Waals surface area contributed by atoms with Crippen LogP contribution in [-0.2, 0) is 6.18 Å². The Morgan fingerprint density at radius 1 is 1.11 bits per heavy atom. The standard InChI is InChI=1S/C26H27F7N6O2S.C2H6/c1-11-16(26(31,32)33)12(9-13(34)17(11)27)19-18(28)20-15-22(39-24(38-20)40-10-25(42-2)4-5-25)36-8-7-35-6-3-14(21(29)30)41-23(15)37-19;1-2/h9,14,21,35H,3-8,10,34H2,1-2H3,(H,36,38,39);1-2H3. The van der Waals surface area contributed by atoms with Gasteiger partial charge in [0.25, 0.3) is 6.43 Å². The van der Waals surface area contributed by atoms with Crippen LogP contribution in [0.25, 0.3) is 22.2 Å². The highest BCUT2D eigenvalue weighted by Crippen LogP contribution is 2.48. The molecule has 0 bridgehead atoms. The summed E-state index contributed by atoms with van der Waals surface area (Å²) in [5.74, 6) is -3.38. The molecule has 1 unspecified atom stereocenters. The lowest BCUT2D eigenvalue weighted by Crippen LogP contribution is -2.31. The van der Waals surface area contributed by atoms with E-state index in [1.807, 2.05) is 20.1 Å². The first kappa shape index (κ1) is 33.6. The fourth-order valence-electron chi connectivity index (χ4n) is 4.71. The van der Waals surface area contributed by atoms with E-state index in [4.69, 9.17) is 15.2 Å². The number of benzene rings is 1. The molecule has 8 nitrogen and oxygen atoms in total. The van der Waals surface area contributed by atoms with E-state index in [9.17, 15) is 26.3 Å². The number of nitrogen functional groups attached to an aromatic ring is 1. The monoisotopic (exact) mass is 650 g/mol. The second-order valence-electron chi connectivity index (χ2n) is 10.1. The highest BCUT2D eigenvalue weighted by atomic mass is 32.2. The Balaban J connectivity index is 0.00000216. The SMILES string of the molecule is CC.CSC1(COc2nc3c4c(nc(-c5cc(N)c(F)c(C)c5C(F)(F)F)c(F)c4n2)OC(C(F)F)CCNCCN3)CC1. The summed E-state index contributed by atoms with van der Waals surface area (Å²) < 4.78 is 113. The van der Waals surface area contributed by atoms with Crippen LogP contribution in [0.1, 0.15) is 44.2 Å². The highest BCUT2D eigenvalue weighted by molar-refractivity contribution is 8.00. The van der Waals surface area contributed by atoms with Crippen LogP contribution in [0.5, 0.6) is 11.9 Å². The maximum absolute atomic E-state index is 16.3. The number of pyridine rings is 1. The molecule has 3 heterocycles. The number of hydrogen-bond acceptors (Lipinski definition) is 9. The highest BCUT2D eigenvalue weighted by Gasteiger charge is 2.43. The number of aromatic nitrogens is 3. The number of alkyl halides is 5. The minimum atomic E-state index is -5.16. The minimum Gasteiger partial charge on any atom is -0.468 e. The molecule has 5 rings (SSSR count). The number of ether oxygens (including phenoxy) is 2. The summed E-state index contributed by atoms with van der Waals surface area (Å²) in [6, 6.07) is 0.313. The maximum atomic E-state index is 16.3. The van der Waals surface area contributed by atoms with E-state index in [0.717, 1.165) is 19.8 Å². The fourth-order valence-corrected chi connectivity index (χ4v) is 5.40. The fraction of sp³-hybridized carbons (Fsp3) is 0.536. The predicted octanol–water partition coefficient (Wildman–Crippen LogP) is 6.60. The van der Waals surface area contributed by atoms with Crippen molar-refractivity contribution >= 4 is 34.2 Å². The van der Waals surface area contributed by atoms with Crippen molar-refractivity contribution in [3.05, 3.63) is 28.8 Å². The van der Waals surface area contributed by atoms with Crippen LogP contribution in [0.3, 0.4) is 0 Å². The summed E-state index contributed by atoms with van der Waals surface area (Å²) >= 11 is 1.58. The molecular formula is C28H33F7N6O2S. The first-order chi connectivity index (χ1) is 20.8. The van der Waals surface area contributed by atoms with Crippen LogP contribution in [0.2, 0.25) is 0 Å². The second-order valence-corrected chi connectivity index (χ2v) is 11.4. The molecule has 2 aromatic heterocycles. The van der Waals surface area contributed by atoms with Crippen LogP contribution in [0.15, 0.2) is 6.07 Å². The van der Waals surface area contributed by atoms with Crippen LogP contribution >= 0.6 is 11.8 Å². The first-order valence-electron chi connectivity index (χ1n) is 14.0. The van der Waals surface area contributed by atoms with Gasteiger partial charge in [0.2, 0.25) is 5.88 Å². The molecule has 0 radical (unpaired) electrons. The van der Waals surface area contributed by atoms with Crippen molar-refractivity contribution < 1.29 is 40.2 Å². The summed E-state index contributed by atoms with van der Waals surface area (Å²) in [6.45, 7) is 5.68. The molecular weight excluding hydrogens is 617 g/mol. The van der Waals surface area contributed by atoms with Gasteiger partial charge in [-0.15, -0.1) is 0 Å². The third-order valence-corrected chi connectivity index (χ3v) is 8.64. The topological polar surface area (TPSA) is 107 Å². The molecule has 0 saturated heterocycles. The molecule has 242 valence electrons. The number of nitrogens with two attached hydrogens (primary N) is 1. The van der Waals surface area contributed by atoms with Crippen molar-refractivity contribution in [2.24, 2.45) is 0 Å². The van der Waals surface area contributed by atoms with Gasteiger partial charge in [-0.1, -0.05) is 13.8 Å². The van der Waals surface area contributed by atoms with Gasteiger partial charge in [0.15, 0.2) is 11.9 Å². The maximum Gasteiger partial charge on any atom is 0.417 e. The van der Waals surface area contributed by atoms with Crippen LogP contribution in [0, 0.1) is 18.6 Å². The molecule has 4 N–H and O–H groups in total. The molecule has 1 fully saturated rings. The summed E-state index contributed by atoms with van der Waals surface area (Å²) in [7, 11) is 0. The Labute approximate surface area is 253 Å². The van der Waals surface area contributed by atoms with Gasteiger partial charge in [-0.05, 0) is 44.2 Å². The Bertz CT molecular complexity index is 1500.